The molecule has 0 spiro atoms. The summed E-state index contributed by atoms with van der Waals surface area (Å²) in [5.41, 5.74) is 5.14. The summed E-state index contributed by atoms with van der Waals surface area (Å²) >= 11 is 0. The Morgan fingerprint density at radius 3 is 1.11 bits per heavy atom. The molecule has 0 saturated heterocycles. The van der Waals surface area contributed by atoms with Gasteiger partial charge in [-0.1, -0.05) is 182 Å². The summed E-state index contributed by atoms with van der Waals surface area (Å²) in [6.07, 6.45) is 0. The van der Waals surface area contributed by atoms with Gasteiger partial charge < -0.3 is 0 Å². The molecule has 64 heavy (non-hydrogen) atoms. The average molecular weight is 801 g/mol. The molecule has 288 valence electrons. The fourth-order valence-electron chi connectivity index (χ4n) is 13.4. The largest absolute Gasteiger partial charge is 0.0622 e. The second kappa shape index (κ2) is 11.0. The summed E-state index contributed by atoms with van der Waals surface area (Å²) < 4.78 is 0. The molecule has 0 aliphatic heterocycles. The van der Waals surface area contributed by atoms with E-state index < -0.39 is 0 Å². The van der Waals surface area contributed by atoms with Gasteiger partial charge in [-0.25, -0.2) is 0 Å². The monoisotopic (exact) mass is 800 g/mol. The van der Waals surface area contributed by atoms with E-state index in [2.05, 4.69) is 194 Å². The van der Waals surface area contributed by atoms with Crippen LogP contribution in [0.5, 0.6) is 0 Å². The zero-order chi connectivity index (χ0) is 41.1. The Morgan fingerprint density at radius 2 is 0.531 bits per heavy atom. The molecular weight excluding hydrogens is 769 g/mol. The van der Waals surface area contributed by atoms with Crippen molar-refractivity contribution in [3.05, 3.63) is 194 Å². The molecule has 0 fully saturated rings. The van der Waals surface area contributed by atoms with Crippen molar-refractivity contribution in [1.82, 2.24) is 0 Å². The third-order valence-electron chi connectivity index (χ3n) is 15.7. The highest BCUT2D eigenvalue weighted by Gasteiger charge is 2.28. The van der Waals surface area contributed by atoms with E-state index in [4.69, 9.17) is 0 Å². The molecule has 0 aliphatic carbocycles. The lowest BCUT2D eigenvalue weighted by Crippen LogP contribution is -1.87. The van der Waals surface area contributed by atoms with Crippen LogP contribution in [0.15, 0.2) is 194 Å². The van der Waals surface area contributed by atoms with Crippen molar-refractivity contribution in [2.24, 2.45) is 0 Å². The third kappa shape index (κ3) is 3.59. The Morgan fingerprint density at radius 1 is 0.172 bits per heavy atom. The standard InChI is InChI=1S/C64H32/c1-3-11-33(12-4-1)36-17-9-22-47-56(36)46-21-10-20-45-55(35-13-5-2-6-14-35)62-48-29-27-41-39-23-25-43-52-31-50-37-18-7-15-34-16-8-19-38(54(34)37)51(50)32-53(52)44-26-24-40(57(39)59(43)44)42-28-30-49(60(48)58(41)42)64(62)63(47)61(45)46/h1-32H. The van der Waals surface area contributed by atoms with Crippen LogP contribution >= 0.6 is 0 Å². The lowest BCUT2D eigenvalue weighted by Gasteiger charge is -2.15. The Balaban J connectivity index is 1.04. The van der Waals surface area contributed by atoms with Gasteiger partial charge >= 0.3 is 0 Å². The fourth-order valence-corrected chi connectivity index (χ4v) is 13.4. The van der Waals surface area contributed by atoms with Crippen molar-refractivity contribution in [2.75, 3.05) is 0 Å². The van der Waals surface area contributed by atoms with Gasteiger partial charge in [-0.3, -0.25) is 0 Å². The maximum atomic E-state index is 2.50. The second-order valence-corrected chi connectivity index (χ2v) is 18.5. The van der Waals surface area contributed by atoms with Gasteiger partial charge in [0.2, 0.25) is 0 Å². The first-order valence-electron chi connectivity index (χ1n) is 22.6. The number of hydrogen-bond donors (Lipinski definition) is 0. The van der Waals surface area contributed by atoms with Crippen LogP contribution in [0.25, 0.3) is 173 Å². The summed E-state index contributed by atoms with van der Waals surface area (Å²) in [7, 11) is 0. The fraction of sp³-hybridized carbons (Fsp3) is 0. The van der Waals surface area contributed by atoms with Gasteiger partial charge in [0, 0.05) is 0 Å². The van der Waals surface area contributed by atoms with Gasteiger partial charge in [0.1, 0.15) is 0 Å². The molecule has 0 aliphatic rings. The molecule has 0 nitrogen and oxygen atoms in total. The van der Waals surface area contributed by atoms with Crippen molar-refractivity contribution in [2.45, 2.75) is 0 Å². The first-order chi connectivity index (χ1) is 31.8. The quantitative estimate of drug-likeness (QED) is 0.121. The van der Waals surface area contributed by atoms with E-state index in [9.17, 15) is 0 Å². The van der Waals surface area contributed by atoms with Gasteiger partial charge in [-0.05, 0) is 185 Å². The zero-order valence-corrected chi connectivity index (χ0v) is 34.5. The summed E-state index contributed by atoms with van der Waals surface area (Å²) in [6, 6.07) is 74.2. The molecule has 0 saturated carbocycles. The molecule has 0 atom stereocenters. The zero-order valence-electron chi connectivity index (χ0n) is 34.5. The first kappa shape index (κ1) is 32.4. The topological polar surface area (TPSA) is 0 Å². The van der Waals surface area contributed by atoms with Crippen LogP contribution in [0.4, 0.5) is 0 Å². The lowest BCUT2D eigenvalue weighted by molar-refractivity contribution is 1.67. The van der Waals surface area contributed by atoms with Gasteiger partial charge in [-0.15, -0.1) is 0 Å². The van der Waals surface area contributed by atoms with E-state index in [1.54, 1.807) is 0 Å². The van der Waals surface area contributed by atoms with Crippen LogP contribution in [0.3, 0.4) is 0 Å². The van der Waals surface area contributed by atoms with E-state index in [0.29, 0.717) is 0 Å². The van der Waals surface area contributed by atoms with Gasteiger partial charge in [0.15, 0.2) is 0 Å². The van der Waals surface area contributed by atoms with Crippen LogP contribution in [-0.2, 0) is 0 Å². The Kier molecular flexibility index (Phi) is 5.57. The minimum atomic E-state index is 1.25. The maximum absolute atomic E-state index is 2.50. The van der Waals surface area contributed by atoms with E-state index in [1.165, 1.54) is 173 Å². The number of fused-ring (bicyclic) bond motifs is 15. The predicted octanol–water partition coefficient (Wildman–Crippen LogP) is 18.4. The van der Waals surface area contributed by atoms with E-state index in [1.807, 2.05) is 0 Å². The van der Waals surface area contributed by atoms with Gasteiger partial charge in [0.05, 0.1) is 0 Å². The molecule has 0 heterocycles. The number of benzene rings is 13. The van der Waals surface area contributed by atoms with E-state index in [0.717, 1.165) is 0 Å². The molecule has 0 unspecified atom stereocenters. The molecule has 0 amide bonds. The SMILES string of the molecule is c1ccc(-c2cccc3c2c2cccc4c(-c5ccccc5)c5c6ccc7c8ccc9c%10cc%11c(cc%10c%10ccc(c%12ccc(c6c7%12)c5c3c42)c8c9%10)c2cccc3cccc%11c32)cc1. The van der Waals surface area contributed by atoms with E-state index in [-0.39, 0.29) is 0 Å². The Hall–Kier alpha value is -8.32. The molecule has 17 aromatic rings. The minimum Gasteiger partial charge on any atom is -0.0622 e. The predicted molar refractivity (Wildman–Crippen MR) is 278 cm³/mol. The molecule has 0 radical (unpaired) electrons. The maximum Gasteiger partial charge on any atom is -0.000696 e. The average Bonchev–Trinajstić information content (AvgIpc) is 4.08. The summed E-state index contributed by atoms with van der Waals surface area (Å²) in [4.78, 5) is 0. The summed E-state index contributed by atoms with van der Waals surface area (Å²) in [6.45, 7) is 0. The Bertz CT molecular complexity index is 4710. The molecule has 17 rings (SSSR count). The lowest BCUT2D eigenvalue weighted by atomic mass is 9.87. The smallest absolute Gasteiger partial charge is 0.000696 e. The van der Waals surface area contributed by atoms with Crippen LogP contribution in [0.2, 0.25) is 0 Å². The molecule has 0 bridgehead atoms. The Labute approximate surface area is 365 Å². The molecule has 0 heteroatoms. The molecule has 0 aromatic heterocycles. The van der Waals surface area contributed by atoms with E-state index >= 15 is 0 Å². The highest BCUT2D eigenvalue weighted by molar-refractivity contribution is 6.52. The summed E-state index contributed by atoms with van der Waals surface area (Å²) in [5, 5.41) is 38.0. The molecule has 0 N–H and O–H groups in total. The number of hydrogen-bond acceptors (Lipinski definition) is 0. The first-order valence-corrected chi connectivity index (χ1v) is 22.6. The van der Waals surface area contributed by atoms with Crippen molar-refractivity contribution in [3.63, 3.8) is 0 Å². The molecular formula is C64H32. The number of rotatable bonds is 2. The van der Waals surface area contributed by atoms with Crippen LogP contribution in [0, 0.1) is 0 Å². The second-order valence-electron chi connectivity index (χ2n) is 18.5. The van der Waals surface area contributed by atoms with Crippen LogP contribution in [-0.4, -0.2) is 0 Å². The highest BCUT2D eigenvalue weighted by atomic mass is 14.3. The van der Waals surface area contributed by atoms with Gasteiger partial charge in [-0.2, -0.15) is 0 Å². The normalized spacial score (nSPS) is 13.0. The van der Waals surface area contributed by atoms with Crippen LogP contribution in [0.1, 0.15) is 0 Å². The summed E-state index contributed by atoms with van der Waals surface area (Å²) in [5.74, 6) is 0. The van der Waals surface area contributed by atoms with Gasteiger partial charge in [0.25, 0.3) is 0 Å². The highest BCUT2D eigenvalue weighted by Crippen LogP contribution is 2.57. The minimum absolute atomic E-state index is 1.25. The molecule has 17 aromatic carbocycles. The van der Waals surface area contributed by atoms with Crippen molar-refractivity contribution < 1.29 is 0 Å². The van der Waals surface area contributed by atoms with Crippen molar-refractivity contribution in [3.8, 4) is 22.3 Å². The third-order valence-corrected chi connectivity index (χ3v) is 15.7. The van der Waals surface area contributed by atoms with Crippen molar-refractivity contribution in [1.29, 1.82) is 0 Å². The van der Waals surface area contributed by atoms with Crippen LogP contribution < -0.4 is 0 Å². The van der Waals surface area contributed by atoms with Crippen molar-refractivity contribution >= 4 is 151 Å².